The van der Waals surface area contributed by atoms with Gasteiger partial charge in [-0.3, -0.25) is 0 Å². The van der Waals surface area contributed by atoms with Crippen LogP contribution in [-0.2, 0) is 12.8 Å². The van der Waals surface area contributed by atoms with Gasteiger partial charge in [-0.05, 0) is 43.2 Å². The van der Waals surface area contributed by atoms with Crippen molar-refractivity contribution >= 4 is 5.69 Å². The molecular weight excluding hydrogens is 198 g/mol. The Labute approximate surface area is 95.9 Å². The molecule has 1 heterocycles. The Hall–Kier alpha value is -1.77. The summed E-state index contributed by atoms with van der Waals surface area (Å²) in [4.78, 5) is 0. The minimum absolute atomic E-state index is 0.782. The molecule has 0 radical (unpaired) electrons. The highest BCUT2D eigenvalue weighted by atomic mass is 15.3. The highest BCUT2D eigenvalue weighted by Crippen LogP contribution is 2.15. The second kappa shape index (κ2) is 4.39. The van der Waals surface area contributed by atoms with Gasteiger partial charge in [-0.15, -0.1) is 0 Å². The van der Waals surface area contributed by atoms with E-state index in [2.05, 4.69) is 25.0 Å². The molecule has 0 bridgehead atoms. The first kappa shape index (κ1) is 10.7. The Kier molecular flexibility index (Phi) is 2.95. The molecular formula is C13H17N3. The van der Waals surface area contributed by atoms with Crippen molar-refractivity contribution in [1.82, 2.24) is 9.78 Å². The predicted molar refractivity (Wildman–Crippen MR) is 66.7 cm³/mol. The molecule has 0 aliphatic carbocycles. The number of nitrogens with zero attached hydrogens (tertiary/aromatic N) is 2. The van der Waals surface area contributed by atoms with Gasteiger partial charge in [0.05, 0.1) is 11.4 Å². The average molecular weight is 215 g/mol. The van der Waals surface area contributed by atoms with E-state index in [-0.39, 0.29) is 0 Å². The van der Waals surface area contributed by atoms with E-state index < -0.39 is 0 Å². The highest BCUT2D eigenvalue weighted by molar-refractivity contribution is 5.45. The maximum atomic E-state index is 5.68. The van der Waals surface area contributed by atoms with Gasteiger partial charge in [0.25, 0.3) is 0 Å². The summed E-state index contributed by atoms with van der Waals surface area (Å²) in [5.41, 5.74) is 9.90. The van der Waals surface area contributed by atoms with E-state index in [1.807, 2.05) is 28.9 Å². The molecule has 2 aromatic rings. The molecule has 1 aromatic carbocycles. The summed E-state index contributed by atoms with van der Waals surface area (Å²) in [5.74, 6) is 0. The predicted octanol–water partition coefficient (Wildman–Crippen LogP) is 2.58. The van der Waals surface area contributed by atoms with Gasteiger partial charge in [0.15, 0.2) is 0 Å². The van der Waals surface area contributed by atoms with Gasteiger partial charge in [-0.25, -0.2) is 4.68 Å². The number of hydrogen-bond donors (Lipinski definition) is 1. The summed E-state index contributed by atoms with van der Waals surface area (Å²) >= 11 is 0. The maximum Gasteiger partial charge on any atom is 0.0650 e. The molecule has 16 heavy (non-hydrogen) atoms. The minimum Gasteiger partial charge on any atom is -0.399 e. The van der Waals surface area contributed by atoms with Crippen molar-refractivity contribution in [3.8, 4) is 5.69 Å². The third-order valence-electron chi connectivity index (χ3n) is 2.70. The molecule has 0 saturated carbocycles. The van der Waals surface area contributed by atoms with Crippen LogP contribution in [0, 0.1) is 0 Å². The highest BCUT2D eigenvalue weighted by Gasteiger charge is 2.06. The van der Waals surface area contributed by atoms with Crippen LogP contribution in [0.3, 0.4) is 0 Å². The van der Waals surface area contributed by atoms with E-state index in [0.29, 0.717) is 0 Å². The smallest absolute Gasteiger partial charge is 0.0650 e. The quantitative estimate of drug-likeness (QED) is 0.800. The zero-order chi connectivity index (χ0) is 11.5. The summed E-state index contributed by atoms with van der Waals surface area (Å²) in [6.07, 6.45) is 1.95. The lowest BCUT2D eigenvalue weighted by atomic mass is 10.2. The van der Waals surface area contributed by atoms with Crippen LogP contribution in [0.5, 0.6) is 0 Å². The van der Waals surface area contributed by atoms with Gasteiger partial charge in [-0.2, -0.15) is 5.10 Å². The number of nitrogens with two attached hydrogens (primary N) is 1. The Morgan fingerprint density at radius 3 is 2.38 bits per heavy atom. The topological polar surface area (TPSA) is 43.8 Å². The van der Waals surface area contributed by atoms with Gasteiger partial charge in [-0.1, -0.05) is 13.8 Å². The van der Waals surface area contributed by atoms with Gasteiger partial charge < -0.3 is 5.73 Å². The first-order chi connectivity index (χ1) is 7.74. The van der Waals surface area contributed by atoms with Gasteiger partial charge in [0.1, 0.15) is 0 Å². The molecule has 0 amide bonds. The van der Waals surface area contributed by atoms with Crippen LogP contribution in [0.25, 0.3) is 5.69 Å². The average Bonchev–Trinajstić information content (AvgIpc) is 2.73. The zero-order valence-electron chi connectivity index (χ0n) is 9.77. The molecule has 0 aliphatic heterocycles. The number of hydrogen-bond acceptors (Lipinski definition) is 2. The molecule has 0 fully saturated rings. The Morgan fingerprint density at radius 2 is 1.81 bits per heavy atom. The number of rotatable bonds is 3. The lowest BCUT2D eigenvalue weighted by molar-refractivity contribution is 0.794. The van der Waals surface area contributed by atoms with E-state index in [9.17, 15) is 0 Å². The first-order valence-corrected chi connectivity index (χ1v) is 5.68. The second-order valence-corrected chi connectivity index (χ2v) is 3.84. The third kappa shape index (κ3) is 1.94. The Morgan fingerprint density at radius 1 is 1.12 bits per heavy atom. The first-order valence-electron chi connectivity index (χ1n) is 5.68. The van der Waals surface area contributed by atoms with Crippen LogP contribution in [0.4, 0.5) is 5.69 Å². The second-order valence-electron chi connectivity index (χ2n) is 3.84. The van der Waals surface area contributed by atoms with Crippen LogP contribution < -0.4 is 5.73 Å². The Balaban J connectivity index is 2.45. The largest absolute Gasteiger partial charge is 0.399 e. The summed E-state index contributed by atoms with van der Waals surface area (Å²) in [6, 6.07) is 9.97. The fraction of sp³-hybridized carbons (Fsp3) is 0.308. The number of nitrogen functional groups attached to an aromatic ring is 1. The number of aromatic nitrogens is 2. The molecule has 0 spiro atoms. The van der Waals surface area contributed by atoms with E-state index >= 15 is 0 Å². The standard InChI is InChI=1S/C13H17N3/c1-3-11-9-12(4-2)16(15-11)13-7-5-10(14)6-8-13/h5-9H,3-4,14H2,1-2H3. The van der Waals surface area contributed by atoms with Crippen molar-refractivity contribution in [3.63, 3.8) is 0 Å². The summed E-state index contributed by atoms with van der Waals surface area (Å²) < 4.78 is 2.00. The van der Waals surface area contributed by atoms with Crippen molar-refractivity contribution in [2.75, 3.05) is 5.73 Å². The van der Waals surface area contributed by atoms with E-state index in [1.54, 1.807) is 0 Å². The number of aryl methyl sites for hydroxylation is 2. The van der Waals surface area contributed by atoms with Crippen molar-refractivity contribution in [3.05, 3.63) is 41.7 Å². The van der Waals surface area contributed by atoms with Gasteiger partial charge >= 0.3 is 0 Å². The molecule has 0 saturated heterocycles. The summed E-state index contributed by atoms with van der Waals surface area (Å²) in [5, 5.41) is 4.58. The van der Waals surface area contributed by atoms with Crippen LogP contribution in [0.15, 0.2) is 30.3 Å². The lowest BCUT2D eigenvalue weighted by Crippen LogP contribution is -2.01. The van der Waals surface area contributed by atoms with Crippen LogP contribution >= 0.6 is 0 Å². The van der Waals surface area contributed by atoms with Crippen molar-refractivity contribution in [2.24, 2.45) is 0 Å². The number of anilines is 1. The van der Waals surface area contributed by atoms with Crippen LogP contribution in [-0.4, -0.2) is 9.78 Å². The lowest BCUT2D eigenvalue weighted by Gasteiger charge is -2.05. The third-order valence-corrected chi connectivity index (χ3v) is 2.70. The van der Waals surface area contributed by atoms with E-state index in [4.69, 9.17) is 5.73 Å². The maximum absolute atomic E-state index is 5.68. The van der Waals surface area contributed by atoms with Crippen LogP contribution in [0.2, 0.25) is 0 Å². The molecule has 1 aromatic heterocycles. The van der Waals surface area contributed by atoms with Crippen LogP contribution in [0.1, 0.15) is 25.2 Å². The fourth-order valence-corrected chi connectivity index (χ4v) is 1.74. The fourth-order valence-electron chi connectivity index (χ4n) is 1.74. The zero-order valence-corrected chi connectivity index (χ0v) is 9.77. The molecule has 0 atom stereocenters. The molecule has 84 valence electrons. The number of benzene rings is 1. The van der Waals surface area contributed by atoms with E-state index in [0.717, 1.165) is 29.9 Å². The molecule has 0 aliphatic rings. The normalized spacial score (nSPS) is 10.6. The molecule has 0 unspecified atom stereocenters. The van der Waals surface area contributed by atoms with E-state index in [1.165, 1.54) is 5.69 Å². The Bertz CT molecular complexity index is 468. The van der Waals surface area contributed by atoms with Gasteiger partial charge in [0.2, 0.25) is 0 Å². The summed E-state index contributed by atoms with van der Waals surface area (Å²) in [6.45, 7) is 4.26. The van der Waals surface area contributed by atoms with Crippen molar-refractivity contribution in [1.29, 1.82) is 0 Å². The van der Waals surface area contributed by atoms with Gasteiger partial charge in [0, 0.05) is 11.4 Å². The molecule has 2 rings (SSSR count). The van der Waals surface area contributed by atoms with Crippen molar-refractivity contribution < 1.29 is 0 Å². The minimum atomic E-state index is 0.782. The molecule has 3 heteroatoms. The van der Waals surface area contributed by atoms with Crippen molar-refractivity contribution in [2.45, 2.75) is 26.7 Å². The summed E-state index contributed by atoms with van der Waals surface area (Å²) in [7, 11) is 0. The molecule has 3 nitrogen and oxygen atoms in total. The SMILES string of the molecule is CCc1cc(CC)n(-c2ccc(N)cc2)n1. The monoisotopic (exact) mass is 215 g/mol. The molecule has 2 N–H and O–H groups in total.